The van der Waals surface area contributed by atoms with Crippen LogP contribution in [0.1, 0.15) is 23.2 Å². The summed E-state index contributed by atoms with van der Waals surface area (Å²) in [4.78, 5) is 16.0. The van der Waals surface area contributed by atoms with Crippen LogP contribution in [0.15, 0.2) is 60.9 Å². The molecule has 0 fully saturated rings. The molecule has 0 spiro atoms. The van der Waals surface area contributed by atoms with Crippen molar-refractivity contribution in [2.75, 3.05) is 5.32 Å². The molecule has 5 heteroatoms. The molecule has 0 bridgehead atoms. The van der Waals surface area contributed by atoms with Crippen LogP contribution >= 0.6 is 11.3 Å². The highest BCUT2D eigenvalue weighted by atomic mass is 32.1. The van der Waals surface area contributed by atoms with Gasteiger partial charge >= 0.3 is 0 Å². The van der Waals surface area contributed by atoms with Gasteiger partial charge in [-0.1, -0.05) is 37.3 Å². The van der Waals surface area contributed by atoms with Crippen molar-refractivity contribution in [3.63, 3.8) is 0 Å². The first-order valence-corrected chi connectivity index (χ1v) is 9.14. The number of benzene rings is 1. The molecule has 0 aliphatic heterocycles. The number of pyridine rings is 1. The summed E-state index contributed by atoms with van der Waals surface area (Å²) in [6.45, 7) is 2.17. The summed E-state index contributed by atoms with van der Waals surface area (Å²) in [5.41, 5.74) is 2.19. The number of aromatic nitrogens is 3. The normalized spacial score (nSPS) is 10.9. The number of nitrogens with one attached hydrogen (secondary N) is 1. The Kier molecular flexibility index (Phi) is 4.39. The zero-order chi connectivity index (χ0) is 17.1. The molecule has 0 aliphatic carbocycles. The summed E-state index contributed by atoms with van der Waals surface area (Å²) >= 11 is 1.74. The zero-order valence-electron chi connectivity index (χ0n) is 13.9. The van der Waals surface area contributed by atoms with Crippen LogP contribution in [0, 0.1) is 0 Å². The number of aryl methyl sites for hydroxylation is 1. The Morgan fingerprint density at radius 2 is 1.80 bits per heavy atom. The number of anilines is 2. The van der Waals surface area contributed by atoms with E-state index in [4.69, 9.17) is 9.97 Å². The van der Waals surface area contributed by atoms with Gasteiger partial charge in [0.2, 0.25) is 0 Å². The smallest absolute Gasteiger partial charge is 0.142 e. The maximum absolute atomic E-state index is 4.80. The third kappa shape index (κ3) is 3.51. The van der Waals surface area contributed by atoms with Crippen molar-refractivity contribution in [3.8, 4) is 0 Å². The molecule has 0 saturated heterocycles. The second kappa shape index (κ2) is 6.99. The van der Waals surface area contributed by atoms with Crippen LogP contribution in [-0.4, -0.2) is 15.0 Å². The van der Waals surface area contributed by atoms with Crippen LogP contribution < -0.4 is 5.32 Å². The summed E-state index contributed by atoms with van der Waals surface area (Å²) < 4.78 is 0. The fraction of sp³-hybridized carbons (Fsp3) is 0.150. The molecule has 25 heavy (non-hydrogen) atoms. The maximum atomic E-state index is 4.80. The average Bonchev–Trinajstić information content (AvgIpc) is 3.07. The van der Waals surface area contributed by atoms with Crippen molar-refractivity contribution in [2.45, 2.75) is 19.8 Å². The highest BCUT2D eigenvalue weighted by Crippen LogP contribution is 2.31. The Morgan fingerprint density at radius 3 is 2.56 bits per heavy atom. The third-order valence-electron chi connectivity index (χ3n) is 3.99. The predicted molar refractivity (Wildman–Crippen MR) is 104 cm³/mol. The second-order valence-corrected chi connectivity index (χ2v) is 6.91. The van der Waals surface area contributed by atoms with Crippen molar-refractivity contribution in [1.29, 1.82) is 0 Å². The van der Waals surface area contributed by atoms with Crippen molar-refractivity contribution < 1.29 is 0 Å². The molecule has 0 aliphatic rings. The minimum atomic E-state index is 0.723. The minimum absolute atomic E-state index is 0.723. The highest BCUT2D eigenvalue weighted by Gasteiger charge is 2.12. The van der Waals surface area contributed by atoms with Gasteiger partial charge in [0.15, 0.2) is 0 Å². The molecular formula is C20H18N4S. The summed E-state index contributed by atoms with van der Waals surface area (Å²) in [5.74, 6) is 1.69. The van der Waals surface area contributed by atoms with Crippen LogP contribution in [0.5, 0.6) is 0 Å². The van der Waals surface area contributed by atoms with Gasteiger partial charge in [-0.3, -0.25) is 4.98 Å². The van der Waals surface area contributed by atoms with E-state index in [-0.39, 0.29) is 0 Å². The van der Waals surface area contributed by atoms with Crippen LogP contribution in [0.4, 0.5) is 11.5 Å². The summed E-state index contributed by atoms with van der Waals surface area (Å²) in [5, 5.41) is 4.51. The number of fused-ring (bicyclic) bond motifs is 1. The molecular weight excluding hydrogens is 328 g/mol. The fourth-order valence-corrected chi connectivity index (χ4v) is 3.70. The van der Waals surface area contributed by atoms with Gasteiger partial charge in [-0.2, -0.15) is 0 Å². The lowest BCUT2D eigenvalue weighted by molar-refractivity contribution is 0.999. The molecule has 1 N–H and O–H groups in total. The largest absolute Gasteiger partial charge is 0.339 e. The molecule has 4 nitrogen and oxygen atoms in total. The van der Waals surface area contributed by atoms with Gasteiger partial charge in [-0.15, -0.1) is 11.3 Å². The molecule has 0 radical (unpaired) electrons. The number of nitrogens with zero attached hydrogens (tertiary/aromatic N) is 3. The van der Waals surface area contributed by atoms with E-state index in [9.17, 15) is 0 Å². The maximum Gasteiger partial charge on any atom is 0.142 e. The monoisotopic (exact) mass is 346 g/mol. The highest BCUT2D eigenvalue weighted by molar-refractivity contribution is 7.18. The predicted octanol–water partition coefficient (Wildman–Crippen LogP) is 4.98. The van der Waals surface area contributed by atoms with Gasteiger partial charge in [0, 0.05) is 29.4 Å². The van der Waals surface area contributed by atoms with Crippen LogP contribution in [0.25, 0.3) is 10.2 Å². The average molecular weight is 346 g/mol. The molecule has 3 aromatic heterocycles. The van der Waals surface area contributed by atoms with Crippen LogP contribution in [-0.2, 0) is 12.8 Å². The summed E-state index contributed by atoms with van der Waals surface area (Å²) in [6, 6.07) is 16.4. The van der Waals surface area contributed by atoms with Crippen LogP contribution in [0.3, 0.4) is 0 Å². The van der Waals surface area contributed by atoms with E-state index < -0.39 is 0 Å². The second-order valence-electron chi connectivity index (χ2n) is 5.80. The number of thiophene rings is 1. The first kappa shape index (κ1) is 15.7. The van der Waals surface area contributed by atoms with E-state index in [2.05, 4.69) is 35.4 Å². The quantitative estimate of drug-likeness (QED) is 0.553. The molecule has 0 unspecified atom stereocenters. The van der Waals surface area contributed by atoms with E-state index in [0.717, 1.165) is 40.4 Å². The number of rotatable bonds is 5. The van der Waals surface area contributed by atoms with Gasteiger partial charge in [0.1, 0.15) is 16.5 Å². The molecule has 4 aromatic rings. The lowest BCUT2D eigenvalue weighted by Gasteiger charge is -2.09. The van der Waals surface area contributed by atoms with E-state index in [1.165, 1.54) is 10.4 Å². The van der Waals surface area contributed by atoms with E-state index in [1.54, 1.807) is 23.7 Å². The summed E-state index contributed by atoms with van der Waals surface area (Å²) in [7, 11) is 0. The first-order chi connectivity index (χ1) is 12.3. The molecule has 0 amide bonds. The Morgan fingerprint density at radius 1 is 1.00 bits per heavy atom. The minimum Gasteiger partial charge on any atom is -0.339 e. The van der Waals surface area contributed by atoms with E-state index in [0.29, 0.717) is 0 Å². The van der Waals surface area contributed by atoms with Crippen molar-refractivity contribution in [1.82, 2.24) is 15.0 Å². The molecule has 1 aromatic carbocycles. The number of hydrogen-bond donors (Lipinski definition) is 1. The lowest BCUT2D eigenvalue weighted by atomic mass is 10.1. The van der Waals surface area contributed by atoms with E-state index >= 15 is 0 Å². The van der Waals surface area contributed by atoms with Gasteiger partial charge in [0.05, 0.1) is 5.39 Å². The van der Waals surface area contributed by atoms with Gasteiger partial charge < -0.3 is 5.32 Å². The standard InChI is InChI=1S/C20H18N4S/c1-2-16-13-17-19(22-15-8-10-21-11-9-15)23-18(24-20(17)25-16)12-14-6-4-3-5-7-14/h3-11,13H,2,12H2,1H3,(H,21,22,23,24). The van der Waals surface area contributed by atoms with Gasteiger partial charge in [-0.25, -0.2) is 9.97 Å². The molecule has 3 heterocycles. The first-order valence-electron chi connectivity index (χ1n) is 8.32. The SMILES string of the molecule is CCc1cc2c(Nc3ccncc3)nc(Cc3ccccc3)nc2s1. The Hall–Kier alpha value is -2.79. The molecule has 4 rings (SSSR count). The third-order valence-corrected chi connectivity index (χ3v) is 5.16. The lowest BCUT2D eigenvalue weighted by Crippen LogP contribution is -2.01. The molecule has 0 saturated carbocycles. The number of hydrogen-bond acceptors (Lipinski definition) is 5. The Labute approximate surface area is 150 Å². The van der Waals surface area contributed by atoms with Crippen molar-refractivity contribution in [2.24, 2.45) is 0 Å². The van der Waals surface area contributed by atoms with E-state index in [1.807, 2.05) is 30.3 Å². The van der Waals surface area contributed by atoms with Crippen molar-refractivity contribution in [3.05, 3.63) is 77.2 Å². The van der Waals surface area contributed by atoms with Gasteiger partial charge in [-0.05, 0) is 30.2 Å². The summed E-state index contributed by atoms with van der Waals surface area (Å²) in [6.07, 6.45) is 5.28. The Balaban J connectivity index is 1.76. The molecule has 0 atom stereocenters. The Bertz CT molecular complexity index is 981. The topological polar surface area (TPSA) is 50.7 Å². The van der Waals surface area contributed by atoms with Gasteiger partial charge in [0.25, 0.3) is 0 Å². The fourth-order valence-electron chi connectivity index (χ4n) is 2.71. The zero-order valence-corrected chi connectivity index (χ0v) is 14.8. The van der Waals surface area contributed by atoms with Crippen LogP contribution in [0.2, 0.25) is 0 Å². The van der Waals surface area contributed by atoms with Crippen molar-refractivity contribution >= 4 is 33.1 Å². The molecule has 124 valence electrons.